The second-order valence-electron chi connectivity index (χ2n) is 10.3. The van der Waals surface area contributed by atoms with Gasteiger partial charge < -0.3 is 24.9 Å². The Labute approximate surface area is 218 Å². The number of β-amino-alcohol motifs (C(OH)–C–C–N with tert-alkyl or cyclic N) is 1. The molecule has 0 bridgehead atoms. The number of aromatic amines is 1. The molecule has 4 aromatic carbocycles. The fourth-order valence-electron chi connectivity index (χ4n) is 4.62. The van der Waals surface area contributed by atoms with Gasteiger partial charge in [0.1, 0.15) is 30.0 Å². The van der Waals surface area contributed by atoms with E-state index in [9.17, 15) is 5.11 Å². The van der Waals surface area contributed by atoms with Crippen LogP contribution >= 0.6 is 0 Å². The Balaban J connectivity index is 1.14. The molecule has 1 aromatic heterocycles. The van der Waals surface area contributed by atoms with Crippen LogP contribution in [0.5, 0.6) is 17.2 Å². The number of aryl methyl sites for hydroxylation is 1. The molecule has 37 heavy (non-hydrogen) atoms. The van der Waals surface area contributed by atoms with Gasteiger partial charge in [0.2, 0.25) is 0 Å². The number of aromatic nitrogens is 1. The first kappa shape index (κ1) is 24.9. The van der Waals surface area contributed by atoms with Gasteiger partial charge in [-0.25, -0.2) is 0 Å². The number of aliphatic hydroxyl groups is 1. The monoisotopic (exact) mass is 494 g/mol. The molecule has 5 rings (SSSR count). The van der Waals surface area contributed by atoms with Crippen molar-refractivity contribution in [1.82, 2.24) is 10.3 Å². The smallest absolute Gasteiger partial charge is 0.129 e. The van der Waals surface area contributed by atoms with E-state index in [1.165, 1.54) is 11.1 Å². The maximum Gasteiger partial charge on any atom is 0.129 e. The first-order chi connectivity index (χ1) is 17.9. The summed E-state index contributed by atoms with van der Waals surface area (Å²) < 4.78 is 12.0. The predicted molar refractivity (Wildman–Crippen MR) is 151 cm³/mol. The SMILES string of the molecule is Cc1ccc(Oc2ccc(CC(C)(C)NCC(O)COc3cccc4[nH]c5ccccc5c34)cc2)cc1. The molecule has 1 unspecified atom stereocenters. The van der Waals surface area contributed by atoms with Gasteiger partial charge in [-0.3, -0.25) is 0 Å². The normalized spacial score (nSPS) is 12.6. The van der Waals surface area contributed by atoms with Crippen molar-refractivity contribution in [2.24, 2.45) is 0 Å². The average Bonchev–Trinajstić information content (AvgIpc) is 3.28. The summed E-state index contributed by atoms with van der Waals surface area (Å²) in [5, 5.41) is 16.3. The molecule has 0 amide bonds. The second-order valence-corrected chi connectivity index (χ2v) is 10.3. The third kappa shape index (κ3) is 6.13. The van der Waals surface area contributed by atoms with Crippen LogP contribution in [0.3, 0.4) is 0 Å². The van der Waals surface area contributed by atoms with E-state index < -0.39 is 6.10 Å². The van der Waals surface area contributed by atoms with E-state index in [1.807, 2.05) is 66.7 Å². The van der Waals surface area contributed by atoms with Crippen molar-refractivity contribution >= 4 is 21.8 Å². The number of benzene rings is 4. The Kier molecular flexibility index (Phi) is 7.17. The van der Waals surface area contributed by atoms with Crippen molar-refractivity contribution in [3.8, 4) is 17.2 Å². The molecule has 0 saturated carbocycles. The highest BCUT2D eigenvalue weighted by Gasteiger charge is 2.20. The zero-order chi connectivity index (χ0) is 25.8. The molecule has 0 fully saturated rings. The Morgan fingerprint density at radius 1 is 0.838 bits per heavy atom. The predicted octanol–water partition coefficient (Wildman–Crippen LogP) is 6.77. The van der Waals surface area contributed by atoms with Gasteiger partial charge in [-0.1, -0.05) is 54.1 Å². The topological polar surface area (TPSA) is 66.5 Å². The van der Waals surface area contributed by atoms with Crippen LogP contribution in [-0.4, -0.2) is 34.9 Å². The third-order valence-corrected chi connectivity index (χ3v) is 6.57. The summed E-state index contributed by atoms with van der Waals surface area (Å²) in [4.78, 5) is 3.43. The first-order valence-electron chi connectivity index (χ1n) is 12.8. The highest BCUT2D eigenvalue weighted by Crippen LogP contribution is 2.33. The van der Waals surface area contributed by atoms with Crippen molar-refractivity contribution in [2.75, 3.05) is 13.2 Å². The summed E-state index contributed by atoms with van der Waals surface area (Å²) in [6.07, 6.45) is 0.185. The summed E-state index contributed by atoms with van der Waals surface area (Å²) in [7, 11) is 0. The van der Waals surface area contributed by atoms with E-state index in [2.05, 4.69) is 55.3 Å². The number of aliphatic hydroxyl groups excluding tert-OH is 1. The molecule has 190 valence electrons. The van der Waals surface area contributed by atoms with Crippen molar-refractivity contribution in [3.05, 3.63) is 102 Å². The Bertz CT molecular complexity index is 1470. The molecule has 0 aliphatic rings. The van der Waals surface area contributed by atoms with Crippen molar-refractivity contribution in [3.63, 3.8) is 0 Å². The zero-order valence-electron chi connectivity index (χ0n) is 21.6. The number of hydrogen-bond acceptors (Lipinski definition) is 4. The number of nitrogens with one attached hydrogen (secondary N) is 2. The van der Waals surface area contributed by atoms with Gasteiger partial charge in [0, 0.05) is 28.4 Å². The second kappa shape index (κ2) is 10.7. The van der Waals surface area contributed by atoms with Crippen LogP contribution in [0, 0.1) is 6.92 Å². The van der Waals surface area contributed by atoms with Crippen LogP contribution in [0.1, 0.15) is 25.0 Å². The number of para-hydroxylation sites is 1. The Morgan fingerprint density at radius 2 is 1.51 bits per heavy atom. The minimum atomic E-state index is -0.634. The standard InChI is InChI=1S/C32H34N2O3/c1-22-11-15-25(16-12-22)37-26-17-13-23(14-18-26)19-32(2,3)33-20-24(35)21-36-30-10-6-9-29-31(30)27-7-4-5-8-28(27)34-29/h4-18,24,33-35H,19-21H2,1-3H3. The van der Waals surface area contributed by atoms with Crippen LogP contribution < -0.4 is 14.8 Å². The molecule has 1 atom stereocenters. The molecule has 5 nitrogen and oxygen atoms in total. The lowest BCUT2D eigenvalue weighted by molar-refractivity contribution is 0.0996. The van der Waals surface area contributed by atoms with Gasteiger partial charge in [-0.2, -0.15) is 0 Å². The molecule has 0 spiro atoms. The first-order valence-corrected chi connectivity index (χ1v) is 12.8. The molecule has 3 N–H and O–H groups in total. The fraction of sp³-hybridized carbons (Fsp3) is 0.250. The molecular weight excluding hydrogens is 460 g/mol. The Hall–Kier alpha value is -3.80. The average molecular weight is 495 g/mol. The van der Waals surface area contributed by atoms with E-state index in [4.69, 9.17) is 9.47 Å². The highest BCUT2D eigenvalue weighted by atomic mass is 16.5. The molecule has 0 radical (unpaired) electrons. The fourth-order valence-corrected chi connectivity index (χ4v) is 4.62. The zero-order valence-corrected chi connectivity index (χ0v) is 21.6. The molecule has 0 aliphatic carbocycles. The highest BCUT2D eigenvalue weighted by molar-refractivity contribution is 6.10. The van der Waals surface area contributed by atoms with Gasteiger partial charge in [-0.15, -0.1) is 0 Å². The third-order valence-electron chi connectivity index (χ3n) is 6.57. The lowest BCUT2D eigenvalue weighted by Gasteiger charge is -2.28. The Morgan fingerprint density at radius 3 is 2.27 bits per heavy atom. The quantitative estimate of drug-likeness (QED) is 0.200. The van der Waals surface area contributed by atoms with Gasteiger partial charge in [-0.05, 0) is 75.2 Å². The van der Waals surface area contributed by atoms with Gasteiger partial charge in [0.25, 0.3) is 0 Å². The number of H-pyrrole nitrogens is 1. The van der Waals surface area contributed by atoms with E-state index in [0.717, 1.165) is 45.5 Å². The van der Waals surface area contributed by atoms with Crippen molar-refractivity contribution < 1.29 is 14.6 Å². The number of fused-ring (bicyclic) bond motifs is 3. The van der Waals surface area contributed by atoms with Crippen LogP contribution in [0.4, 0.5) is 0 Å². The number of hydrogen-bond donors (Lipinski definition) is 3. The van der Waals surface area contributed by atoms with Crippen LogP contribution in [0.15, 0.2) is 91.0 Å². The van der Waals surface area contributed by atoms with E-state index >= 15 is 0 Å². The van der Waals surface area contributed by atoms with Crippen LogP contribution in [0.2, 0.25) is 0 Å². The van der Waals surface area contributed by atoms with Crippen molar-refractivity contribution in [2.45, 2.75) is 38.8 Å². The van der Waals surface area contributed by atoms with Crippen LogP contribution in [-0.2, 0) is 6.42 Å². The molecule has 5 aromatic rings. The summed E-state index contributed by atoms with van der Waals surface area (Å²) in [5.41, 5.74) is 4.32. The molecule has 0 saturated heterocycles. The number of rotatable bonds is 10. The van der Waals surface area contributed by atoms with E-state index in [1.54, 1.807) is 0 Å². The van der Waals surface area contributed by atoms with E-state index in [0.29, 0.717) is 6.54 Å². The lowest BCUT2D eigenvalue weighted by Crippen LogP contribution is -2.46. The summed E-state index contributed by atoms with van der Waals surface area (Å²) in [6, 6.07) is 30.4. The van der Waals surface area contributed by atoms with Gasteiger partial charge in [0.15, 0.2) is 0 Å². The molecule has 0 aliphatic heterocycles. The summed E-state index contributed by atoms with van der Waals surface area (Å²) in [6.45, 7) is 7.00. The van der Waals surface area contributed by atoms with Crippen LogP contribution in [0.25, 0.3) is 21.8 Å². The molecule has 1 heterocycles. The minimum absolute atomic E-state index is 0.197. The molecular formula is C32H34N2O3. The maximum absolute atomic E-state index is 10.7. The molecule has 5 heteroatoms. The summed E-state index contributed by atoms with van der Waals surface area (Å²) >= 11 is 0. The minimum Gasteiger partial charge on any atom is -0.490 e. The van der Waals surface area contributed by atoms with E-state index in [-0.39, 0.29) is 12.1 Å². The maximum atomic E-state index is 10.7. The van der Waals surface area contributed by atoms with Gasteiger partial charge in [0.05, 0.1) is 5.52 Å². The number of ether oxygens (including phenoxy) is 2. The van der Waals surface area contributed by atoms with Crippen molar-refractivity contribution in [1.29, 1.82) is 0 Å². The largest absolute Gasteiger partial charge is 0.490 e. The van der Waals surface area contributed by atoms with Gasteiger partial charge >= 0.3 is 0 Å². The summed E-state index contributed by atoms with van der Waals surface area (Å²) in [5.74, 6) is 2.43. The lowest BCUT2D eigenvalue weighted by atomic mass is 9.94.